The smallest absolute Gasteiger partial charge is 0.131 e. The van der Waals surface area contributed by atoms with Crippen molar-refractivity contribution >= 4 is 15.9 Å². The van der Waals surface area contributed by atoms with Gasteiger partial charge < -0.3 is 5.73 Å². The van der Waals surface area contributed by atoms with E-state index in [0.717, 1.165) is 16.1 Å². The minimum atomic E-state index is -0.625. The third kappa shape index (κ3) is 2.70. The molecule has 2 aromatic carbocycles. The number of benzene rings is 2. The zero-order valence-electron chi connectivity index (χ0n) is 8.83. The molecule has 0 spiro atoms. The van der Waals surface area contributed by atoms with Crippen molar-refractivity contribution in [2.45, 2.75) is 6.04 Å². The van der Waals surface area contributed by atoms with E-state index in [1.165, 1.54) is 12.1 Å². The van der Waals surface area contributed by atoms with Crippen LogP contribution in [0.3, 0.4) is 0 Å². The topological polar surface area (TPSA) is 26.0 Å². The first-order chi connectivity index (χ1) is 8.08. The average molecular weight is 298 g/mol. The fourth-order valence-corrected chi connectivity index (χ4v) is 1.87. The lowest BCUT2D eigenvalue weighted by atomic mass is 9.99. The van der Waals surface area contributed by atoms with Crippen LogP contribution in [-0.2, 0) is 0 Å². The molecular formula is C13H10BrF2N. The maximum absolute atomic E-state index is 13.5. The van der Waals surface area contributed by atoms with Gasteiger partial charge in [-0.3, -0.25) is 0 Å². The van der Waals surface area contributed by atoms with E-state index >= 15 is 0 Å². The van der Waals surface area contributed by atoms with Crippen molar-refractivity contribution in [3.8, 4) is 0 Å². The molecule has 1 unspecified atom stereocenters. The Bertz CT molecular complexity index is 525. The van der Waals surface area contributed by atoms with E-state index in [1.807, 2.05) is 12.1 Å². The number of nitrogens with two attached hydrogens (primary N) is 1. The number of rotatable bonds is 2. The van der Waals surface area contributed by atoms with E-state index in [9.17, 15) is 8.78 Å². The van der Waals surface area contributed by atoms with Crippen molar-refractivity contribution in [2.24, 2.45) is 5.73 Å². The van der Waals surface area contributed by atoms with Crippen LogP contribution >= 0.6 is 15.9 Å². The van der Waals surface area contributed by atoms with Crippen molar-refractivity contribution in [3.63, 3.8) is 0 Å². The standard InChI is InChI=1S/C13H10BrF2N/c14-9-3-1-8(2-4-9)13(17)11-6-5-10(15)7-12(11)16/h1-7,13H,17H2. The minimum absolute atomic E-state index is 0.286. The second kappa shape index (κ2) is 4.94. The summed E-state index contributed by atoms with van der Waals surface area (Å²) in [7, 11) is 0. The van der Waals surface area contributed by atoms with Crippen LogP contribution < -0.4 is 5.73 Å². The molecule has 0 saturated carbocycles. The summed E-state index contributed by atoms with van der Waals surface area (Å²) in [4.78, 5) is 0. The molecule has 0 aliphatic heterocycles. The molecule has 0 saturated heterocycles. The first-order valence-electron chi connectivity index (χ1n) is 5.04. The highest BCUT2D eigenvalue weighted by atomic mass is 79.9. The van der Waals surface area contributed by atoms with Gasteiger partial charge in [0.05, 0.1) is 6.04 Å². The quantitative estimate of drug-likeness (QED) is 0.897. The molecule has 4 heteroatoms. The van der Waals surface area contributed by atoms with Gasteiger partial charge in [0.1, 0.15) is 11.6 Å². The monoisotopic (exact) mass is 297 g/mol. The summed E-state index contributed by atoms with van der Waals surface area (Å²) in [6, 6.07) is 10.1. The summed E-state index contributed by atoms with van der Waals surface area (Å²) in [5.74, 6) is -1.23. The molecule has 0 bridgehead atoms. The summed E-state index contributed by atoms with van der Waals surface area (Å²) in [5.41, 5.74) is 7.00. The van der Waals surface area contributed by atoms with Gasteiger partial charge in [-0.1, -0.05) is 34.1 Å². The third-order valence-electron chi connectivity index (χ3n) is 2.53. The predicted molar refractivity (Wildman–Crippen MR) is 66.5 cm³/mol. The van der Waals surface area contributed by atoms with Crippen LogP contribution in [0.5, 0.6) is 0 Å². The van der Waals surface area contributed by atoms with Crippen molar-refractivity contribution in [1.29, 1.82) is 0 Å². The van der Waals surface area contributed by atoms with E-state index in [0.29, 0.717) is 0 Å². The Morgan fingerprint density at radius 2 is 1.65 bits per heavy atom. The first kappa shape index (κ1) is 12.2. The van der Waals surface area contributed by atoms with Gasteiger partial charge >= 0.3 is 0 Å². The number of hydrogen-bond donors (Lipinski definition) is 1. The Morgan fingerprint density at radius 1 is 1.00 bits per heavy atom. The van der Waals surface area contributed by atoms with Gasteiger partial charge in [-0.2, -0.15) is 0 Å². The summed E-state index contributed by atoms with van der Waals surface area (Å²) in [5, 5.41) is 0. The molecule has 1 atom stereocenters. The van der Waals surface area contributed by atoms with E-state index in [2.05, 4.69) is 15.9 Å². The van der Waals surface area contributed by atoms with Crippen LogP contribution in [0.25, 0.3) is 0 Å². The highest BCUT2D eigenvalue weighted by molar-refractivity contribution is 9.10. The fraction of sp³-hybridized carbons (Fsp3) is 0.0769. The average Bonchev–Trinajstić information content (AvgIpc) is 2.29. The Balaban J connectivity index is 2.36. The second-order valence-corrected chi connectivity index (χ2v) is 4.61. The SMILES string of the molecule is NC(c1ccc(Br)cc1)c1ccc(F)cc1F. The van der Waals surface area contributed by atoms with Crippen molar-refractivity contribution < 1.29 is 8.78 Å². The fourth-order valence-electron chi connectivity index (χ4n) is 1.60. The van der Waals surface area contributed by atoms with Gasteiger partial charge in [0.15, 0.2) is 0 Å². The van der Waals surface area contributed by atoms with E-state index in [4.69, 9.17) is 5.73 Å². The van der Waals surface area contributed by atoms with Crippen LogP contribution in [0.15, 0.2) is 46.9 Å². The summed E-state index contributed by atoms with van der Waals surface area (Å²) < 4.78 is 27.2. The van der Waals surface area contributed by atoms with Gasteiger partial charge in [0.25, 0.3) is 0 Å². The van der Waals surface area contributed by atoms with Gasteiger partial charge in [-0.25, -0.2) is 8.78 Å². The zero-order valence-corrected chi connectivity index (χ0v) is 10.4. The van der Waals surface area contributed by atoms with Crippen LogP contribution in [0.4, 0.5) is 8.78 Å². The minimum Gasteiger partial charge on any atom is -0.320 e. The predicted octanol–water partition coefficient (Wildman–Crippen LogP) is 3.78. The molecule has 0 heterocycles. The molecule has 0 radical (unpaired) electrons. The van der Waals surface area contributed by atoms with E-state index in [1.54, 1.807) is 12.1 Å². The molecule has 0 aromatic heterocycles. The van der Waals surface area contributed by atoms with Crippen molar-refractivity contribution in [2.75, 3.05) is 0 Å². The Hall–Kier alpha value is -1.26. The molecule has 0 aliphatic carbocycles. The summed E-state index contributed by atoms with van der Waals surface area (Å²) in [6.45, 7) is 0. The molecule has 88 valence electrons. The van der Waals surface area contributed by atoms with E-state index < -0.39 is 17.7 Å². The zero-order chi connectivity index (χ0) is 12.4. The largest absolute Gasteiger partial charge is 0.320 e. The molecule has 0 fully saturated rings. The first-order valence-corrected chi connectivity index (χ1v) is 5.83. The third-order valence-corrected chi connectivity index (χ3v) is 3.06. The Kier molecular flexibility index (Phi) is 3.54. The van der Waals surface area contributed by atoms with Gasteiger partial charge in [0, 0.05) is 16.1 Å². The molecular weight excluding hydrogens is 288 g/mol. The van der Waals surface area contributed by atoms with Crippen LogP contribution in [0.1, 0.15) is 17.2 Å². The lowest BCUT2D eigenvalue weighted by Crippen LogP contribution is -2.13. The number of hydrogen-bond acceptors (Lipinski definition) is 1. The summed E-state index contributed by atoms with van der Waals surface area (Å²) in [6.07, 6.45) is 0. The highest BCUT2D eigenvalue weighted by Gasteiger charge is 2.13. The number of halogens is 3. The molecule has 0 amide bonds. The molecule has 2 aromatic rings. The normalized spacial score (nSPS) is 12.5. The molecule has 17 heavy (non-hydrogen) atoms. The van der Waals surface area contributed by atoms with Gasteiger partial charge in [-0.05, 0) is 23.8 Å². The maximum Gasteiger partial charge on any atom is 0.131 e. The van der Waals surface area contributed by atoms with Crippen LogP contribution in [0, 0.1) is 11.6 Å². The van der Waals surface area contributed by atoms with Gasteiger partial charge in [-0.15, -0.1) is 0 Å². The second-order valence-electron chi connectivity index (χ2n) is 3.70. The van der Waals surface area contributed by atoms with Crippen LogP contribution in [0.2, 0.25) is 0 Å². The van der Waals surface area contributed by atoms with Crippen LogP contribution in [-0.4, -0.2) is 0 Å². The summed E-state index contributed by atoms with van der Waals surface area (Å²) >= 11 is 3.31. The van der Waals surface area contributed by atoms with E-state index in [-0.39, 0.29) is 5.56 Å². The molecule has 0 aliphatic rings. The Morgan fingerprint density at radius 3 is 2.24 bits per heavy atom. The molecule has 1 nitrogen and oxygen atoms in total. The lowest BCUT2D eigenvalue weighted by molar-refractivity contribution is 0.566. The van der Waals surface area contributed by atoms with Crippen molar-refractivity contribution in [1.82, 2.24) is 0 Å². The Labute approximate surface area is 106 Å². The highest BCUT2D eigenvalue weighted by Crippen LogP contribution is 2.24. The molecule has 2 rings (SSSR count). The maximum atomic E-state index is 13.5. The lowest BCUT2D eigenvalue weighted by Gasteiger charge is -2.13. The van der Waals surface area contributed by atoms with Gasteiger partial charge in [0.2, 0.25) is 0 Å². The molecule has 2 N–H and O–H groups in total. The van der Waals surface area contributed by atoms with Crippen molar-refractivity contribution in [3.05, 3.63) is 69.7 Å².